The minimum Gasteiger partial charge on any atom is -0.384 e. The number of nitrogens with two attached hydrogens (primary N) is 2. The average molecular weight is 540 g/mol. The van der Waals surface area contributed by atoms with E-state index in [1.165, 1.54) is 18.5 Å². The van der Waals surface area contributed by atoms with Crippen LogP contribution in [0, 0.1) is 28.4 Å². The SMILES string of the molecule is CC(C=NC(=O)c1nc(C#N)cnc1NCc1ccc(-c2cnc(N)c(C(=N)N)c2)cc1)c1ccc(F)c(F)c1. The predicted octanol–water partition coefficient (Wildman–Crippen LogP) is 4.18. The van der Waals surface area contributed by atoms with Gasteiger partial charge in [0.25, 0.3) is 5.91 Å². The quantitative estimate of drug-likeness (QED) is 0.190. The number of benzene rings is 2. The number of nitrogen functional groups attached to an aromatic ring is 2. The number of hydrogen-bond donors (Lipinski definition) is 4. The van der Waals surface area contributed by atoms with Crippen LogP contribution in [0.15, 0.2) is 65.9 Å². The number of halogens is 2. The summed E-state index contributed by atoms with van der Waals surface area (Å²) in [6.45, 7) is 1.94. The number of aromatic nitrogens is 3. The smallest absolute Gasteiger partial charge is 0.299 e. The number of rotatable bonds is 8. The molecule has 0 radical (unpaired) electrons. The van der Waals surface area contributed by atoms with E-state index in [0.29, 0.717) is 11.1 Å². The first-order valence-corrected chi connectivity index (χ1v) is 11.9. The van der Waals surface area contributed by atoms with Gasteiger partial charge in [0.05, 0.1) is 11.8 Å². The summed E-state index contributed by atoms with van der Waals surface area (Å²) in [5.41, 5.74) is 14.3. The first-order valence-electron chi connectivity index (χ1n) is 11.9. The number of carbonyl (C=O) groups is 1. The van der Waals surface area contributed by atoms with Crippen molar-refractivity contribution in [1.82, 2.24) is 15.0 Å². The highest BCUT2D eigenvalue weighted by molar-refractivity contribution is 6.01. The van der Waals surface area contributed by atoms with Crippen molar-refractivity contribution in [2.45, 2.75) is 19.4 Å². The van der Waals surface area contributed by atoms with Crippen LogP contribution in [0.2, 0.25) is 0 Å². The van der Waals surface area contributed by atoms with E-state index in [9.17, 15) is 18.8 Å². The normalized spacial score (nSPS) is 11.7. The average Bonchev–Trinajstić information content (AvgIpc) is 2.96. The Morgan fingerprint density at radius 3 is 2.55 bits per heavy atom. The highest BCUT2D eigenvalue weighted by atomic mass is 19.2. The fraction of sp³-hybridized carbons (Fsp3) is 0.107. The Balaban J connectivity index is 1.49. The number of anilines is 2. The van der Waals surface area contributed by atoms with E-state index < -0.39 is 23.5 Å². The summed E-state index contributed by atoms with van der Waals surface area (Å²) < 4.78 is 26.8. The van der Waals surface area contributed by atoms with Crippen LogP contribution in [0.4, 0.5) is 20.4 Å². The Bertz CT molecular complexity index is 1660. The molecular weight excluding hydrogens is 516 g/mol. The van der Waals surface area contributed by atoms with Gasteiger partial charge in [0.15, 0.2) is 28.8 Å². The number of hydrogen-bond acceptors (Lipinski definition) is 8. The molecule has 2 heterocycles. The molecule has 4 rings (SSSR count). The lowest BCUT2D eigenvalue weighted by molar-refractivity contribution is 0.0999. The van der Waals surface area contributed by atoms with E-state index in [-0.39, 0.29) is 35.4 Å². The van der Waals surface area contributed by atoms with Crippen molar-refractivity contribution in [3.8, 4) is 17.2 Å². The molecule has 1 atom stereocenters. The molecule has 6 N–H and O–H groups in total. The zero-order valence-corrected chi connectivity index (χ0v) is 21.2. The van der Waals surface area contributed by atoms with E-state index >= 15 is 0 Å². The first-order chi connectivity index (χ1) is 19.2. The maximum atomic E-state index is 13.6. The van der Waals surface area contributed by atoms with Crippen LogP contribution in [0.5, 0.6) is 0 Å². The van der Waals surface area contributed by atoms with Crippen LogP contribution >= 0.6 is 0 Å². The molecule has 1 amide bonds. The molecule has 12 heteroatoms. The molecule has 0 saturated carbocycles. The van der Waals surface area contributed by atoms with Crippen LogP contribution in [0.3, 0.4) is 0 Å². The predicted molar refractivity (Wildman–Crippen MR) is 147 cm³/mol. The number of nitriles is 1. The van der Waals surface area contributed by atoms with Gasteiger partial charge >= 0.3 is 0 Å². The third-order valence-corrected chi connectivity index (χ3v) is 5.93. The molecule has 40 heavy (non-hydrogen) atoms. The second-order valence-electron chi connectivity index (χ2n) is 8.73. The molecular formula is C28H23F2N9O. The van der Waals surface area contributed by atoms with E-state index in [1.807, 2.05) is 30.3 Å². The summed E-state index contributed by atoms with van der Waals surface area (Å²) in [4.78, 5) is 29.1. The molecule has 10 nitrogen and oxygen atoms in total. The summed E-state index contributed by atoms with van der Waals surface area (Å²) in [5.74, 6) is -3.10. The zero-order chi connectivity index (χ0) is 28.8. The minimum atomic E-state index is -0.998. The maximum absolute atomic E-state index is 13.6. The summed E-state index contributed by atoms with van der Waals surface area (Å²) >= 11 is 0. The molecule has 2 aromatic heterocycles. The lowest BCUT2D eigenvalue weighted by Crippen LogP contribution is -2.14. The second kappa shape index (κ2) is 11.9. The van der Waals surface area contributed by atoms with Crippen LogP contribution in [-0.2, 0) is 6.54 Å². The van der Waals surface area contributed by atoms with Gasteiger partial charge in [-0.15, -0.1) is 0 Å². The second-order valence-corrected chi connectivity index (χ2v) is 8.73. The van der Waals surface area contributed by atoms with Gasteiger partial charge < -0.3 is 16.8 Å². The lowest BCUT2D eigenvalue weighted by Gasteiger charge is -2.10. The van der Waals surface area contributed by atoms with Gasteiger partial charge in [-0.2, -0.15) is 5.26 Å². The van der Waals surface area contributed by atoms with Gasteiger partial charge in [-0.1, -0.05) is 37.3 Å². The summed E-state index contributed by atoms with van der Waals surface area (Å²) in [6.07, 6.45) is 4.12. The molecule has 0 saturated heterocycles. The van der Waals surface area contributed by atoms with E-state index in [4.69, 9.17) is 16.9 Å². The van der Waals surface area contributed by atoms with Crippen molar-refractivity contribution in [1.29, 1.82) is 10.7 Å². The van der Waals surface area contributed by atoms with E-state index in [2.05, 4.69) is 25.3 Å². The molecule has 1 unspecified atom stereocenters. The highest BCUT2D eigenvalue weighted by Gasteiger charge is 2.16. The Morgan fingerprint density at radius 2 is 1.88 bits per heavy atom. The molecule has 200 valence electrons. The first kappa shape index (κ1) is 27.5. The number of amides is 1. The van der Waals surface area contributed by atoms with Crippen LogP contribution in [0.25, 0.3) is 11.1 Å². The number of pyridine rings is 1. The largest absolute Gasteiger partial charge is 0.384 e. The summed E-state index contributed by atoms with van der Waals surface area (Å²) in [7, 11) is 0. The summed E-state index contributed by atoms with van der Waals surface area (Å²) in [6, 6.07) is 14.4. The van der Waals surface area contributed by atoms with Gasteiger partial charge in [-0.3, -0.25) is 10.2 Å². The van der Waals surface area contributed by atoms with Crippen molar-refractivity contribution < 1.29 is 13.6 Å². The minimum absolute atomic E-state index is 0.0656. The van der Waals surface area contributed by atoms with Crippen molar-refractivity contribution in [3.05, 3.63) is 101 Å². The van der Waals surface area contributed by atoms with Crippen molar-refractivity contribution in [3.63, 3.8) is 0 Å². The summed E-state index contributed by atoms with van der Waals surface area (Å²) in [5, 5.41) is 19.9. The molecule has 0 fully saturated rings. The molecule has 0 aliphatic carbocycles. The highest BCUT2D eigenvalue weighted by Crippen LogP contribution is 2.23. The Hall–Kier alpha value is -5.57. The van der Waals surface area contributed by atoms with Crippen molar-refractivity contribution >= 4 is 29.6 Å². The van der Waals surface area contributed by atoms with Crippen LogP contribution in [0.1, 0.15) is 45.7 Å². The monoisotopic (exact) mass is 539 g/mol. The Kier molecular flexibility index (Phi) is 8.15. The van der Waals surface area contributed by atoms with E-state index in [0.717, 1.165) is 28.8 Å². The van der Waals surface area contributed by atoms with Gasteiger partial charge in [0.2, 0.25) is 0 Å². The molecule has 0 spiro atoms. The third kappa shape index (κ3) is 6.28. The van der Waals surface area contributed by atoms with Crippen molar-refractivity contribution in [2.75, 3.05) is 11.1 Å². The van der Waals surface area contributed by atoms with Gasteiger partial charge in [-0.05, 0) is 34.9 Å². The lowest BCUT2D eigenvalue weighted by atomic mass is 10.0. The number of amidine groups is 1. The molecule has 0 aliphatic rings. The zero-order valence-electron chi connectivity index (χ0n) is 21.2. The van der Waals surface area contributed by atoms with Gasteiger partial charge in [0, 0.05) is 30.4 Å². The Labute approximate surface area is 228 Å². The standard InChI is InChI=1S/C28H23F2N9O/c1-15(18-6-7-22(29)23(30)9-18)11-38-28(40)24-27(37-14-20(10-31)39-24)36-12-16-2-4-17(5-3-16)19-8-21(25(32)33)26(34)35-13-19/h2-9,11,13-15H,12H2,1H3,(H3,32,33)(H2,34,35)(H,36,37). The number of nitrogens with one attached hydrogen (secondary N) is 2. The molecule has 0 bridgehead atoms. The number of aliphatic imine (C=N–C) groups is 1. The van der Waals surface area contributed by atoms with E-state index in [1.54, 1.807) is 19.2 Å². The Morgan fingerprint density at radius 1 is 1.12 bits per heavy atom. The molecule has 0 aliphatic heterocycles. The van der Waals surface area contributed by atoms with Crippen LogP contribution in [-0.4, -0.2) is 32.9 Å². The van der Waals surface area contributed by atoms with Gasteiger partial charge in [-0.25, -0.2) is 28.7 Å². The maximum Gasteiger partial charge on any atom is 0.299 e. The molecule has 4 aromatic rings. The fourth-order valence-corrected chi connectivity index (χ4v) is 3.69. The molecule has 2 aromatic carbocycles. The number of nitrogens with zero attached hydrogens (tertiary/aromatic N) is 5. The third-order valence-electron chi connectivity index (χ3n) is 5.93. The van der Waals surface area contributed by atoms with Gasteiger partial charge in [0.1, 0.15) is 17.7 Å². The number of carbonyl (C=O) groups excluding carboxylic acids is 1. The fourth-order valence-electron chi connectivity index (χ4n) is 3.69. The van der Waals surface area contributed by atoms with Crippen molar-refractivity contribution in [2.24, 2.45) is 10.7 Å². The van der Waals surface area contributed by atoms with Crippen LogP contribution < -0.4 is 16.8 Å². The topological polar surface area (TPSA) is 180 Å².